The minimum atomic E-state index is 0. The summed E-state index contributed by atoms with van der Waals surface area (Å²) in [5.74, 6) is 2.16. The predicted molar refractivity (Wildman–Crippen MR) is 114 cm³/mol. The van der Waals surface area contributed by atoms with Gasteiger partial charge in [0.2, 0.25) is 0 Å². The van der Waals surface area contributed by atoms with E-state index in [1.807, 2.05) is 12.3 Å². The Hall–Kier alpha value is -0.650. The topological polar surface area (TPSA) is 30.3 Å². The molecule has 1 aromatic carbocycles. The maximum Gasteiger partial charge on any atom is 0.119 e. The van der Waals surface area contributed by atoms with E-state index in [4.69, 9.17) is 27.9 Å². The highest BCUT2D eigenvalue weighted by Crippen LogP contribution is 2.35. The van der Waals surface area contributed by atoms with Crippen LogP contribution in [0.25, 0.3) is 11.3 Å². The lowest BCUT2D eigenvalue weighted by Crippen LogP contribution is -2.31. The number of rotatable bonds is 8. The van der Waals surface area contributed by atoms with E-state index in [-0.39, 0.29) is 24.8 Å². The second-order valence-electron chi connectivity index (χ2n) is 5.98. The van der Waals surface area contributed by atoms with Gasteiger partial charge >= 0.3 is 0 Å². The highest BCUT2D eigenvalue weighted by molar-refractivity contribution is 6.18. The zero-order chi connectivity index (χ0) is 16.9. The zero-order valence-electron chi connectivity index (χ0n) is 14.8. The molecule has 0 atom stereocenters. The summed E-state index contributed by atoms with van der Waals surface area (Å²) < 4.78 is 7.48. The van der Waals surface area contributed by atoms with Crippen LogP contribution in [0.4, 0.5) is 0 Å². The summed E-state index contributed by atoms with van der Waals surface area (Å²) in [6.45, 7) is 3.45. The van der Waals surface area contributed by atoms with Crippen molar-refractivity contribution in [3.8, 4) is 17.0 Å². The number of aryl methyl sites for hydroxylation is 2. The Bertz CT molecular complexity index is 687. The van der Waals surface area contributed by atoms with Crippen LogP contribution in [-0.2, 0) is 19.4 Å². The monoisotopic (exact) mass is 439 g/mol. The van der Waals surface area contributed by atoms with Gasteiger partial charge in [-0.3, -0.25) is 9.58 Å². The molecule has 1 heterocycles. The molecule has 0 amide bonds. The van der Waals surface area contributed by atoms with Crippen LogP contribution in [0.3, 0.4) is 0 Å². The molecule has 0 aliphatic heterocycles. The number of fused-ring (bicyclic) bond motifs is 3. The summed E-state index contributed by atoms with van der Waals surface area (Å²) in [6, 6.07) is 6.32. The average molecular weight is 441 g/mol. The summed E-state index contributed by atoms with van der Waals surface area (Å²) in [4.78, 5) is 2.28. The van der Waals surface area contributed by atoms with Gasteiger partial charge in [0.15, 0.2) is 0 Å². The maximum atomic E-state index is 5.88. The first kappa shape index (κ1) is 23.4. The fourth-order valence-corrected chi connectivity index (χ4v) is 3.78. The highest BCUT2D eigenvalue weighted by atomic mass is 35.5. The minimum Gasteiger partial charge on any atom is -0.497 e. The third-order valence-corrected chi connectivity index (χ3v) is 4.91. The van der Waals surface area contributed by atoms with Crippen LogP contribution < -0.4 is 4.74 Å². The number of aromatic nitrogens is 2. The van der Waals surface area contributed by atoms with Crippen LogP contribution in [0, 0.1) is 0 Å². The normalized spacial score (nSPS) is 12.0. The second-order valence-corrected chi connectivity index (χ2v) is 6.74. The zero-order valence-corrected chi connectivity index (χ0v) is 17.9. The molecule has 3 rings (SSSR count). The molecule has 0 unspecified atom stereocenters. The molecule has 2 aromatic rings. The van der Waals surface area contributed by atoms with Gasteiger partial charge in [0.1, 0.15) is 5.75 Å². The predicted octanol–water partition coefficient (Wildman–Crippen LogP) is 4.28. The van der Waals surface area contributed by atoms with Crippen LogP contribution in [0.5, 0.6) is 5.75 Å². The van der Waals surface area contributed by atoms with Crippen molar-refractivity contribution in [3.05, 3.63) is 35.5 Å². The molecule has 0 saturated carbocycles. The summed E-state index contributed by atoms with van der Waals surface area (Å²) in [5, 5.41) is 4.62. The van der Waals surface area contributed by atoms with E-state index in [0.29, 0.717) is 11.8 Å². The molecule has 0 radical (unpaired) electrons. The van der Waals surface area contributed by atoms with Gasteiger partial charge in [-0.2, -0.15) is 5.10 Å². The molecule has 1 aliphatic rings. The summed E-state index contributed by atoms with van der Waals surface area (Å²) in [6.07, 6.45) is 4.08. The smallest absolute Gasteiger partial charge is 0.119 e. The molecular formula is C18H25Cl4N3O. The van der Waals surface area contributed by atoms with Gasteiger partial charge in [-0.15, -0.1) is 48.0 Å². The molecule has 146 valence electrons. The fourth-order valence-electron chi connectivity index (χ4n) is 3.30. The number of methoxy groups -OCH3 is 1. The van der Waals surface area contributed by atoms with E-state index in [1.54, 1.807) is 7.11 Å². The summed E-state index contributed by atoms with van der Waals surface area (Å²) in [5.41, 5.74) is 5.18. The van der Waals surface area contributed by atoms with Crippen LogP contribution in [0.15, 0.2) is 24.4 Å². The van der Waals surface area contributed by atoms with E-state index < -0.39 is 0 Å². The molecule has 0 fully saturated rings. The molecule has 8 heteroatoms. The van der Waals surface area contributed by atoms with E-state index >= 15 is 0 Å². The first-order valence-corrected chi connectivity index (χ1v) is 9.40. The number of nitrogens with zero attached hydrogens (tertiary/aromatic N) is 3. The van der Waals surface area contributed by atoms with Crippen molar-refractivity contribution >= 4 is 48.0 Å². The van der Waals surface area contributed by atoms with E-state index in [9.17, 15) is 0 Å². The first-order valence-electron chi connectivity index (χ1n) is 8.33. The Morgan fingerprint density at radius 1 is 1.08 bits per heavy atom. The molecule has 0 spiro atoms. The van der Waals surface area contributed by atoms with E-state index in [0.717, 1.165) is 44.8 Å². The van der Waals surface area contributed by atoms with Crippen LogP contribution in [0.1, 0.15) is 11.1 Å². The molecule has 1 aromatic heterocycles. The summed E-state index contributed by atoms with van der Waals surface area (Å²) >= 11 is 11.8. The van der Waals surface area contributed by atoms with Crippen molar-refractivity contribution in [2.24, 2.45) is 0 Å². The van der Waals surface area contributed by atoms with Gasteiger partial charge in [-0.05, 0) is 42.2 Å². The average Bonchev–Trinajstić information content (AvgIpc) is 3.03. The van der Waals surface area contributed by atoms with Crippen molar-refractivity contribution in [1.29, 1.82) is 0 Å². The van der Waals surface area contributed by atoms with E-state index in [1.165, 1.54) is 22.4 Å². The van der Waals surface area contributed by atoms with Gasteiger partial charge in [0.05, 0.1) is 25.5 Å². The fraction of sp³-hybridized carbons (Fsp3) is 0.500. The number of halogens is 4. The largest absolute Gasteiger partial charge is 0.497 e. The van der Waals surface area contributed by atoms with Crippen molar-refractivity contribution in [2.45, 2.75) is 19.4 Å². The van der Waals surface area contributed by atoms with Crippen molar-refractivity contribution in [1.82, 2.24) is 14.7 Å². The number of hydrogen-bond donors (Lipinski definition) is 0. The Morgan fingerprint density at radius 2 is 1.77 bits per heavy atom. The third-order valence-electron chi connectivity index (χ3n) is 4.58. The Labute approximate surface area is 177 Å². The number of ether oxygens (including phenoxy) is 1. The number of hydrogen-bond acceptors (Lipinski definition) is 3. The molecule has 1 aliphatic carbocycles. The lowest BCUT2D eigenvalue weighted by molar-refractivity contribution is 0.289. The first-order chi connectivity index (χ1) is 11.8. The van der Waals surface area contributed by atoms with Gasteiger partial charge < -0.3 is 4.74 Å². The van der Waals surface area contributed by atoms with Crippen LogP contribution >= 0.6 is 48.0 Å². The molecule has 0 saturated heterocycles. The van der Waals surface area contributed by atoms with Crippen LogP contribution in [0.2, 0.25) is 0 Å². The van der Waals surface area contributed by atoms with Crippen molar-refractivity contribution in [3.63, 3.8) is 0 Å². The third kappa shape index (κ3) is 5.20. The summed E-state index contributed by atoms with van der Waals surface area (Å²) in [7, 11) is 1.71. The number of alkyl halides is 2. The molecule has 26 heavy (non-hydrogen) atoms. The Balaban J connectivity index is 0.00000169. The van der Waals surface area contributed by atoms with Gasteiger partial charge in [-0.1, -0.05) is 0 Å². The van der Waals surface area contributed by atoms with Gasteiger partial charge in [-0.25, -0.2) is 0 Å². The standard InChI is InChI=1S/C18H23Cl2N3O.2ClH/c1-24-16-4-5-17-14(12-16)2-3-15-13-21-23(18(15)17)11-10-22(8-6-19)9-7-20;;/h4-5,12-13H,2-3,6-11H2,1H3;2*1H. The lowest BCUT2D eigenvalue weighted by Gasteiger charge is -2.22. The van der Waals surface area contributed by atoms with E-state index in [2.05, 4.69) is 26.8 Å². The quantitative estimate of drug-likeness (QED) is 0.573. The Kier molecular flexibility index (Phi) is 10.1. The molecule has 0 N–H and O–H groups in total. The Morgan fingerprint density at radius 3 is 2.42 bits per heavy atom. The van der Waals surface area contributed by atoms with Crippen molar-refractivity contribution in [2.75, 3.05) is 38.5 Å². The molecular weight excluding hydrogens is 416 g/mol. The molecule has 4 nitrogen and oxygen atoms in total. The van der Waals surface area contributed by atoms with Gasteiger partial charge in [0.25, 0.3) is 0 Å². The lowest BCUT2D eigenvalue weighted by atomic mass is 9.90. The number of benzene rings is 1. The minimum absolute atomic E-state index is 0. The van der Waals surface area contributed by atoms with Gasteiger partial charge in [0, 0.05) is 37.0 Å². The van der Waals surface area contributed by atoms with Crippen LogP contribution in [-0.4, -0.2) is 53.2 Å². The van der Waals surface area contributed by atoms with Crippen molar-refractivity contribution < 1.29 is 4.74 Å². The second kappa shape index (κ2) is 11.3. The highest BCUT2D eigenvalue weighted by Gasteiger charge is 2.21. The molecule has 0 bridgehead atoms. The maximum absolute atomic E-state index is 5.88. The SMILES string of the molecule is COc1ccc2c(c1)CCc1cnn(CCN(CCCl)CCCl)c1-2.Cl.Cl.